The van der Waals surface area contributed by atoms with Crippen molar-refractivity contribution in [1.82, 2.24) is 9.97 Å². The summed E-state index contributed by atoms with van der Waals surface area (Å²) in [5.74, 6) is 0.450. The molecule has 0 fully saturated rings. The molecule has 7 heteroatoms. The first-order valence-corrected chi connectivity index (χ1v) is 8.94. The number of aromatic amines is 1. The van der Waals surface area contributed by atoms with Crippen molar-refractivity contribution in [2.45, 2.75) is 13.0 Å². The van der Waals surface area contributed by atoms with Crippen molar-refractivity contribution in [3.05, 3.63) is 87.4 Å². The number of aromatic nitrogens is 2. The van der Waals surface area contributed by atoms with Crippen LogP contribution in [0.25, 0.3) is 12.2 Å². The van der Waals surface area contributed by atoms with Crippen LogP contribution >= 0.6 is 11.6 Å². The van der Waals surface area contributed by atoms with E-state index in [9.17, 15) is 9.59 Å². The number of nitrogens with zero attached hydrogens (tertiary/aromatic N) is 1. The van der Waals surface area contributed by atoms with Crippen LogP contribution in [0.5, 0.6) is 5.75 Å². The Labute approximate surface area is 166 Å². The fourth-order valence-electron chi connectivity index (χ4n) is 2.36. The van der Waals surface area contributed by atoms with E-state index in [1.54, 1.807) is 19.1 Å². The van der Waals surface area contributed by atoms with Crippen LogP contribution in [0, 0.1) is 0 Å². The zero-order chi connectivity index (χ0) is 19.9. The average Bonchev–Trinajstić information content (AvgIpc) is 2.68. The Balaban J connectivity index is 1.57. The predicted molar refractivity (Wildman–Crippen MR) is 110 cm³/mol. The molecule has 0 bridgehead atoms. The van der Waals surface area contributed by atoms with Gasteiger partial charge in [-0.15, -0.1) is 0 Å². The second-order valence-corrected chi connectivity index (χ2v) is 6.43. The van der Waals surface area contributed by atoms with E-state index < -0.39 is 11.8 Å². The number of halogens is 1. The molecule has 2 N–H and O–H groups in total. The van der Waals surface area contributed by atoms with E-state index in [-0.39, 0.29) is 11.7 Å². The molecular formula is C21H18ClN3O3. The number of carbonyl (C=O) groups is 1. The van der Waals surface area contributed by atoms with Gasteiger partial charge in [0.15, 0.2) is 6.10 Å². The quantitative estimate of drug-likeness (QED) is 0.618. The van der Waals surface area contributed by atoms with Gasteiger partial charge in [0.05, 0.1) is 0 Å². The summed E-state index contributed by atoms with van der Waals surface area (Å²) in [6.07, 6.45) is 4.53. The van der Waals surface area contributed by atoms with Crippen molar-refractivity contribution in [2.24, 2.45) is 0 Å². The van der Waals surface area contributed by atoms with E-state index in [0.717, 1.165) is 11.1 Å². The van der Waals surface area contributed by atoms with Crippen LogP contribution in [0.4, 0.5) is 5.82 Å². The topological polar surface area (TPSA) is 84.1 Å². The highest BCUT2D eigenvalue weighted by Crippen LogP contribution is 2.17. The third-order valence-corrected chi connectivity index (χ3v) is 4.08. The van der Waals surface area contributed by atoms with Gasteiger partial charge in [0.1, 0.15) is 11.6 Å². The maximum Gasteiger partial charge on any atom is 0.346 e. The minimum Gasteiger partial charge on any atom is -0.481 e. The number of H-pyrrole nitrogens is 1. The van der Waals surface area contributed by atoms with Gasteiger partial charge in [-0.1, -0.05) is 48.0 Å². The summed E-state index contributed by atoms with van der Waals surface area (Å²) in [6.45, 7) is 1.63. The van der Waals surface area contributed by atoms with Crippen LogP contribution < -0.4 is 15.7 Å². The molecule has 1 heterocycles. The first-order chi connectivity index (χ1) is 13.5. The van der Waals surface area contributed by atoms with Crippen LogP contribution in [0.3, 0.4) is 0 Å². The molecule has 3 aromatic rings. The van der Waals surface area contributed by atoms with Crippen LogP contribution in [-0.4, -0.2) is 22.0 Å². The maximum atomic E-state index is 12.2. The van der Waals surface area contributed by atoms with Crippen LogP contribution in [0.2, 0.25) is 5.02 Å². The molecule has 142 valence electrons. The Hall–Kier alpha value is -3.38. The van der Waals surface area contributed by atoms with Crippen LogP contribution in [0.15, 0.2) is 65.6 Å². The van der Waals surface area contributed by atoms with Crippen molar-refractivity contribution in [2.75, 3.05) is 5.32 Å². The molecular weight excluding hydrogens is 378 g/mol. The lowest BCUT2D eigenvalue weighted by molar-refractivity contribution is -0.122. The molecule has 2 aromatic carbocycles. The zero-order valence-electron chi connectivity index (χ0n) is 15.1. The van der Waals surface area contributed by atoms with Gasteiger partial charge in [-0.25, -0.2) is 9.78 Å². The number of nitrogens with one attached hydrogen (secondary N) is 2. The van der Waals surface area contributed by atoms with E-state index >= 15 is 0 Å². The van der Waals surface area contributed by atoms with Gasteiger partial charge in [0.2, 0.25) is 0 Å². The van der Waals surface area contributed by atoms with Gasteiger partial charge in [-0.05, 0) is 48.4 Å². The first kappa shape index (κ1) is 19.4. The summed E-state index contributed by atoms with van der Waals surface area (Å²) in [5.41, 5.74) is 1.51. The Morgan fingerprint density at radius 2 is 1.68 bits per heavy atom. The number of rotatable bonds is 6. The molecule has 28 heavy (non-hydrogen) atoms. The van der Waals surface area contributed by atoms with E-state index in [1.807, 2.05) is 48.6 Å². The number of benzene rings is 2. The molecule has 6 nitrogen and oxygen atoms in total. The summed E-state index contributed by atoms with van der Waals surface area (Å²) in [6, 6.07) is 16.4. The number of hydrogen-bond acceptors (Lipinski definition) is 4. The summed E-state index contributed by atoms with van der Waals surface area (Å²) >= 11 is 5.88. The maximum absolute atomic E-state index is 12.2. The Morgan fingerprint density at radius 1 is 1.07 bits per heavy atom. The molecule has 0 aliphatic rings. The predicted octanol–water partition coefficient (Wildman–Crippen LogP) is 4.00. The summed E-state index contributed by atoms with van der Waals surface area (Å²) in [4.78, 5) is 29.3. The van der Waals surface area contributed by atoms with Crippen molar-refractivity contribution < 1.29 is 9.53 Å². The number of hydrogen-bond donors (Lipinski definition) is 2. The monoisotopic (exact) mass is 395 g/mol. The molecule has 1 unspecified atom stereocenters. The lowest BCUT2D eigenvalue weighted by atomic mass is 10.1. The lowest BCUT2D eigenvalue weighted by Crippen LogP contribution is -2.31. The van der Waals surface area contributed by atoms with E-state index in [2.05, 4.69) is 15.3 Å². The SMILES string of the molecule is CC(Oc1ccc(/C=C/c2ccc(Cl)cc2)cc1)C(=O)Nc1ccnc(=O)[nH]1. The molecule has 0 aliphatic carbocycles. The van der Waals surface area contributed by atoms with E-state index in [1.165, 1.54) is 12.3 Å². The Kier molecular flexibility index (Phi) is 6.24. The summed E-state index contributed by atoms with van der Waals surface area (Å²) in [5, 5.41) is 3.28. The second-order valence-electron chi connectivity index (χ2n) is 5.99. The first-order valence-electron chi connectivity index (χ1n) is 8.56. The average molecular weight is 396 g/mol. The third kappa shape index (κ3) is 5.56. The summed E-state index contributed by atoms with van der Waals surface area (Å²) < 4.78 is 5.65. The fraction of sp³-hybridized carbons (Fsp3) is 0.0952. The van der Waals surface area contributed by atoms with Crippen molar-refractivity contribution in [1.29, 1.82) is 0 Å². The molecule has 1 aromatic heterocycles. The third-order valence-electron chi connectivity index (χ3n) is 3.83. The summed E-state index contributed by atoms with van der Waals surface area (Å²) in [7, 11) is 0. The number of amides is 1. The molecule has 0 aliphatic heterocycles. The Morgan fingerprint density at radius 3 is 2.29 bits per heavy atom. The standard InChI is InChI=1S/C21H18ClN3O3/c1-14(20(26)24-19-12-13-23-21(27)25-19)28-18-10-6-16(7-11-18)3-2-15-4-8-17(22)9-5-15/h2-14H,1H3,(H2,23,24,25,26,27)/b3-2+. The van der Waals surface area contributed by atoms with Crippen molar-refractivity contribution in [3.8, 4) is 5.75 Å². The highest BCUT2D eigenvalue weighted by molar-refractivity contribution is 6.30. The number of carbonyl (C=O) groups excluding carboxylic acids is 1. The molecule has 3 rings (SSSR count). The van der Waals surface area contributed by atoms with Gasteiger partial charge in [-0.2, -0.15) is 0 Å². The molecule has 0 radical (unpaired) electrons. The van der Waals surface area contributed by atoms with Crippen molar-refractivity contribution >= 4 is 35.5 Å². The van der Waals surface area contributed by atoms with Crippen LogP contribution in [0.1, 0.15) is 18.1 Å². The van der Waals surface area contributed by atoms with Gasteiger partial charge in [-0.3, -0.25) is 9.78 Å². The largest absolute Gasteiger partial charge is 0.481 e. The molecule has 1 atom stereocenters. The van der Waals surface area contributed by atoms with E-state index in [4.69, 9.17) is 16.3 Å². The lowest BCUT2D eigenvalue weighted by Gasteiger charge is -2.14. The smallest absolute Gasteiger partial charge is 0.346 e. The highest BCUT2D eigenvalue weighted by Gasteiger charge is 2.15. The minimum absolute atomic E-state index is 0.267. The van der Waals surface area contributed by atoms with Crippen molar-refractivity contribution in [3.63, 3.8) is 0 Å². The fourth-order valence-corrected chi connectivity index (χ4v) is 2.48. The van der Waals surface area contributed by atoms with Gasteiger partial charge < -0.3 is 10.1 Å². The van der Waals surface area contributed by atoms with Gasteiger partial charge >= 0.3 is 5.69 Å². The van der Waals surface area contributed by atoms with Crippen LogP contribution in [-0.2, 0) is 4.79 Å². The molecule has 0 spiro atoms. The highest BCUT2D eigenvalue weighted by atomic mass is 35.5. The zero-order valence-corrected chi connectivity index (χ0v) is 15.8. The molecule has 1 amide bonds. The van der Waals surface area contributed by atoms with E-state index in [0.29, 0.717) is 10.8 Å². The minimum atomic E-state index is -0.743. The Bertz CT molecular complexity index is 1030. The van der Waals surface area contributed by atoms with Gasteiger partial charge in [0.25, 0.3) is 5.91 Å². The molecule has 0 saturated heterocycles. The second kappa shape index (κ2) is 9.01. The number of anilines is 1. The molecule has 0 saturated carbocycles. The van der Waals surface area contributed by atoms with Gasteiger partial charge in [0, 0.05) is 11.2 Å². The number of ether oxygens (including phenoxy) is 1. The normalized spacial score (nSPS) is 11.9.